The molecule has 176 valence electrons. The summed E-state index contributed by atoms with van der Waals surface area (Å²) in [5.74, 6) is -10.4. The van der Waals surface area contributed by atoms with Gasteiger partial charge < -0.3 is 4.74 Å². The molecule has 0 aliphatic heterocycles. The van der Waals surface area contributed by atoms with Crippen LogP contribution >= 0.6 is 0 Å². The maximum atomic E-state index is 15.4. The van der Waals surface area contributed by atoms with Gasteiger partial charge in [-0.25, -0.2) is 30.7 Å². The van der Waals surface area contributed by atoms with Crippen molar-refractivity contribution in [3.05, 3.63) is 101 Å². The minimum atomic E-state index is -2.09. The summed E-state index contributed by atoms with van der Waals surface area (Å²) in [5, 5.41) is -1.27. The molecule has 0 unspecified atom stereocenters. The summed E-state index contributed by atoms with van der Waals surface area (Å²) in [7, 11) is 1.42. The lowest BCUT2D eigenvalue weighted by atomic mass is 9.85. The number of benzene rings is 5. The summed E-state index contributed by atoms with van der Waals surface area (Å²) in [4.78, 5) is 0. The van der Waals surface area contributed by atoms with Crippen LogP contribution in [-0.2, 0) is 0 Å². The first-order valence-corrected chi connectivity index (χ1v) is 10.2. The average molecular weight is 486 g/mol. The fourth-order valence-electron chi connectivity index (χ4n) is 4.32. The number of methoxy groups -OCH3 is 1. The highest BCUT2D eigenvalue weighted by molar-refractivity contribution is 6.21. The third-order valence-corrected chi connectivity index (χ3v) is 5.87. The molecule has 0 saturated carbocycles. The van der Waals surface area contributed by atoms with Gasteiger partial charge in [-0.3, -0.25) is 0 Å². The maximum Gasteiger partial charge on any atom is 0.198 e. The molecule has 35 heavy (non-hydrogen) atoms. The van der Waals surface area contributed by atoms with Crippen molar-refractivity contribution in [2.45, 2.75) is 0 Å². The fourth-order valence-corrected chi connectivity index (χ4v) is 4.32. The molecule has 5 rings (SSSR count). The zero-order valence-electron chi connectivity index (χ0n) is 17.8. The summed E-state index contributed by atoms with van der Waals surface area (Å²) in [5.41, 5.74) is -0.274. The summed E-state index contributed by atoms with van der Waals surface area (Å²) in [6.45, 7) is 0. The molecule has 5 aromatic carbocycles. The Morgan fingerprint density at radius 3 is 1.66 bits per heavy atom. The molecule has 0 radical (unpaired) electrons. The minimum Gasteiger partial charge on any atom is -0.497 e. The summed E-state index contributed by atoms with van der Waals surface area (Å²) in [6.07, 6.45) is 0. The van der Waals surface area contributed by atoms with Crippen LogP contribution in [0.2, 0.25) is 0 Å². The fraction of sp³-hybridized carbons (Fsp3) is 0.0370. The van der Waals surface area contributed by atoms with E-state index in [9.17, 15) is 22.0 Å². The van der Waals surface area contributed by atoms with Gasteiger partial charge in [-0.15, -0.1) is 0 Å². The Bertz CT molecular complexity index is 1640. The van der Waals surface area contributed by atoms with Crippen molar-refractivity contribution in [2.75, 3.05) is 7.11 Å². The number of hydrogen-bond donors (Lipinski definition) is 0. The largest absolute Gasteiger partial charge is 0.497 e. The van der Waals surface area contributed by atoms with Crippen LogP contribution in [0.1, 0.15) is 0 Å². The van der Waals surface area contributed by atoms with Crippen LogP contribution in [0.3, 0.4) is 0 Å². The third kappa shape index (κ3) is 3.48. The molecule has 0 fully saturated rings. The van der Waals surface area contributed by atoms with Crippen molar-refractivity contribution in [2.24, 2.45) is 0 Å². The van der Waals surface area contributed by atoms with Gasteiger partial charge in [-0.05, 0) is 58.3 Å². The number of ether oxygens (including phenoxy) is 1. The van der Waals surface area contributed by atoms with Crippen molar-refractivity contribution in [3.63, 3.8) is 0 Å². The smallest absolute Gasteiger partial charge is 0.198 e. The molecule has 0 N–H and O–H groups in total. The van der Waals surface area contributed by atoms with Crippen LogP contribution in [0.5, 0.6) is 5.75 Å². The molecule has 0 aliphatic rings. The quantitative estimate of drug-likeness (QED) is 0.108. The zero-order valence-corrected chi connectivity index (χ0v) is 17.8. The lowest BCUT2D eigenvalue weighted by Gasteiger charge is -2.19. The molecule has 0 heterocycles. The van der Waals surface area contributed by atoms with Crippen molar-refractivity contribution in [1.82, 2.24) is 0 Å². The lowest BCUT2D eigenvalue weighted by Crippen LogP contribution is -2.03. The van der Waals surface area contributed by atoms with Gasteiger partial charge in [0.1, 0.15) is 11.6 Å². The van der Waals surface area contributed by atoms with E-state index in [1.807, 2.05) is 0 Å². The number of halogens is 7. The molecular formula is C27H13F7O. The van der Waals surface area contributed by atoms with Gasteiger partial charge in [0.2, 0.25) is 0 Å². The average Bonchev–Trinajstić information content (AvgIpc) is 2.86. The number of rotatable bonds is 3. The second-order valence-corrected chi connectivity index (χ2v) is 7.80. The van der Waals surface area contributed by atoms with Crippen LogP contribution in [-0.4, -0.2) is 7.11 Å². The van der Waals surface area contributed by atoms with E-state index in [-0.39, 0.29) is 33.0 Å². The van der Waals surface area contributed by atoms with E-state index in [1.165, 1.54) is 37.4 Å². The second kappa shape index (κ2) is 8.30. The van der Waals surface area contributed by atoms with Crippen LogP contribution in [0.25, 0.3) is 43.8 Å². The SMILES string of the molecule is COc1ccc(-c2c3ccc(F)cc3c(-c3ccc(F)c(F)c3)c3c(F)c(F)c(F)c(F)c23)cc1. The Morgan fingerprint density at radius 1 is 0.514 bits per heavy atom. The third-order valence-electron chi connectivity index (χ3n) is 5.87. The van der Waals surface area contributed by atoms with E-state index in [1.54, 1.807) is 0 Å². The summed E-state index contributed by atoms with van der Waals surface area (Å²) < 4.78 is 107. The van der Waals surface area contributed by atoms with Crippen LogP contribution in [0.15, 0.2) is 60.7 Å². The maximum absolute atomic E-state index is 15.4. The van der Waals surface area contributed by atoms with Gasteiger partial charge in [0.15, 0.2) is 34.9 Å². The number of fused-ring (bicyclic) bond motifs is 2. The molecule has 8 heteroatoms. The molecule has 0 amide bonds. The van der Waals surface area contributed by atoms with Gasteiger partial charge >= 0.3 is 0 Å². The Labute approximate surface area is 194 Å². The molecule has 0 atom stereocenters. The Hall–Kier alpha value is -4.07. The molecule has 0 aliphatic carbocycles. The predicted octanol–water partition coefficient (Wildman–Crippen LogP) is 8.31. The lowest BCUT2D eigenvalue weighted by molar-refractivity contribution is 0.415. The predicted molar refractivity (Wildman–Crippen MR) is 119 cm³/mol. The van der Waals surface area contributed by atoms with Crippen molar-refractivity contribution in [1.29, 1.82) is 0 Å². The van der Waals surface area contributed by atoms with Crippen molar-refractivity contribution >= 4 is 21.5 Å². The van der Waals surface area contributed by atoms with Gasteiger partial charge in [-0.1, -0.05) is 24.3 Å². The van der Waals surface area contributed by atoms with E-state index in [4.69, 9.17) is 4.74 Å². The van der Waals surface area contributed by atoms with Gasteiger partial charge in [0.25, 0.3) is 0 Å². The van der Waals surface area contributed by atoms with Crippen LogP contribution in [0.4, 0.5) is 30.7 Å². The first-order chi connectivity index (χ1) is 16.7. The summed E-state index contributed by atoms with van der Waals surface area (Å²) >= 11 is 0. The molecule has 0 saturated heterocycles. The van der Waals surface area contributed by atoms with E-state index in [0.717, 1.165) is 24.3 Å². The highest BCUT2D eigenvalue weighted by Gasteiger charge is 2.28. The Morgan fingerprint density at radius 2 is 1.09 bits per heavy atom. The normalized spacial score (nSPS) is 11.4. The minimum absolute atomic E-state index is 0.0423. The molecule has 0 aromatic heterocycles. The topological polar surface area (TPSA) is 9.23 Å². The van der Waals surface area contributed by atoms with Crippen LogP contribution in [0, 0.1) is 40.7 Å². The molecule has 0 spiro atoms. The highest BCUT2D eigenvalue weighted by atomic mass is 19.2. The van der Waals surface area contributed by atoms with E-state index in [0.29, 0.717) is 11.8 Å². The highest BCUT2D eigenvalue weighted by Crippen LogP contribution is 2.47. The summed E-state index contributed by atoms with van der Waals surface area (Å²) in [6, 6.07) is 11.8. The van der Waals surface area contributed by atoms with Gasteiger partial charge in [0.05, 0.1) is 7.11 Å². The molecule has 5 aromatic rings. The van der Waals surface area contributed by atoms with E-state index in [2.05, 4.69) is 0 Å². The van der Waals surface area contributed by atoms with Crippen molar-refractivity contribution < 1.29 is 35.5 Å². The Balaban J connectivity index is 2.08. The first-order valence-electron chi connectivity index (χ1n) is 10.2. The van der Waals surface area contributed by atoms with Crippen LogP contribution < -0.4 is 4.74 Å². The molecule has 0 bridgehead atoms. The zero-order chi connectivity index (χ0) is 25.0. The number of hydrogen-bond acceptors (Lipinski definition) is 1. The first kappa shape index (κ1) is 22.7. The second-order valence-electron chi connectivity index (χ2n) is 7.80. The van der Waals surface area contributed by atoms with Gasteiger partial charge in [-0.2, -0.15) is 0 Å². The van der Waals surface area contributed by atoms with E-state index >= 15 is 8.78 Å². The standard InChI is InChI=1S/C27H13F7O/c1-35-15-6-2-12(3-7-15)20-16-8-5-14(28)11-17(16)21(13-4-9-18(29)19(30)10-13)23-22(20)24(31)26(33)27(34)25(23)32/h2-11H,1H3. The van der Waals surface area contributed by atoms with E-state index < -0.39 is 51.5 Å². The monoisotopic (exact) mass is 486 g/mol. The molecule has 1 nitrogen and oxygen atoms in total. The molecular weight excluding hydrogens is 473 g/mol. The van der Waals surface area contributed by atoms with Gasteiger partial charge in [0, 0.05) is 21.9 Å². The van der Waals surface area contributed by atoms with Crippen molar-refractivity contribution in [3.8, 4) is 28.0 Å². The Kier molecular flexibility index (Phi) is 5.39.